The van der Waals surface area contributed by atoms with Crippen LogP contribution in [0.15, 0.2) is 76.2 Å². The maximum atomic E-state index is 13.1. The van der Waals surface area contributed by atoms with Crippen molar-refractivity contribution in [2.24, 2.45) is 0 Å². The van der Waals surface area contributed by atoms with Gasteiger partial charge in [-0.1, -0.05) is 18.2 Å². The van der Waals surface area contributed by atoms with Gasteiger partial charge < -0.3 is 24.5 Å². The quantitative estimate of drug-likeness (QED) is 0.463. The third-order valence-electron chi connectivity index (χ3n) is 5.19. The van der Waals surface area contributed by atoms with Gasteiger partial charge in [0.05, 0.1) is 30.1 Å². The van der Waals surface area contributed by atoms with Gasteiger partial charge in [0.1, 0.15) is 5.75 Å². The first kappa shape index (κ1) is 24.5. The van der Waals surface area contributed by atoms with Crippen molar-refractivity contribution >= 4 is 27.5 Å². The van der Waals surface area contributed by atoms with Gasteiger partial charge in [-0.3, -0.25) is 9.59 Å². The molecule has 0 bridgehead atoms. The lowest BCUT2D eigenvalue weighted by atomic mass is 10.2. The zero-order valence-corrected chi connectivity index (χ0v) is 19.6. The molecule has 2 amide bonds. The lowest BCUT2D eigenvalue weighted by Crippen LogP contribution is -2.40. The number of anilines is 1. The van der Waals surface area contributed by atoms with Crippen LogP contribution in [0.2, 0.25) is 0 Å². The normalized spacial score (nSPS) is 14.3. The van der Waals surface area contributed by atoms with Crippen LogP contribution in [0.4, 0.5) is 5.69 Å². The molecule has 0 aliphatic carbocycles. The Balaban J connectivity index is 1.50. The van der Waals surface area contributed by atoms with Gasteiger partial charge in [-0.05, 0) is 42.5 Å². The maximum Gasteiger partial charge on any atom is 0.286 e. The van der Waals surface area contributed by atoms with E-state index in [1.807, 2.05) is 6.07 Å². The Hall–Kier alpha value is -3.67. The van der Waals surface area contributed by atoms with E-state index in [1.54, 1.807) is 30.3 Å². The van der Waals surface area contributed by atoms with Gasteiger partial charge in [0.25, 0.3) is 5.91 Å². The second-order valence-corrected chi connectivity index (χ2v) is 9.56. The molecular weight excluding hydrogens is 474 g/mol. The molecule has 1 aliphatic rings. The number of furan rings is 1. The number of ether oxygens (including phenoxy) is 2. The summed E-state index contributed by atoms with van der Waals surface area (Å²) in [6.07, 6.45) is 1.34. The Morgan fingerprint density at radius 2 is 1.77 bits per heavy atom. The van der Waals surface area contributed by atoms with Gasteiger partial charge in [0.15, 0.2) is 11.5 Å². The van der Waals surface area contributed by atoms with Gasteiger partial charge in [0, 0.05) is 26.1 Å². The predicted octanol–water partition coefficient (Wildman–Crippen LogP) is 2.85. The standard InChI is InChI=1S/C24H25N3O7S/c28-23(10-11-25-24(29)22-7-4-14-33-22)26-20-17-19(35(30,31)27-12-15-32-16-13-27)8-9-21(20)34-18-5-2-1-3-6-18/h1-9,14,17H,10-13,15-16H2,(H,25,29)(H,26,28). The number of carbonyl (C=O) groups excluding carboxylic acids is 2. The van der Waals surface area contributed by atoms with Crippen LogP contribution in [0.5, 0.6) is 11.5 Å². The summed E-state index contributed by atoms with van der Waals surface area (Å²) in [6, 6.07) is 16.4. The lowest BCUT2D eigenvalue weighted by Gasteiger charge is -2.26. The van der Waals surface area contributed by atoms with Crippen LogP contribution in [0.3, 0.4) is 0 Å². The van der Waals surface area contributed by atoms with Crippen molar-refractivity contribution in [2.45, 2.75) is 11.3 Å². The van der Waals surface area contributed by atoms with Crippen LogP contribution in [0.25, 0.3) is 0 Å². The molecule has 3 aromatic rings. The largest absolute Gasteiger partial charge is 0.459 e. The van der Waals surface area contributed by atoms with Gasteiger partial charge in [-0.15, -0.1) is 0 Å². The van der Waals surface area contributed by atoms with E-state index in [-0.39, 0.29) is 48.1 Å². The van der Waals surface area contributed by atoms with E-state index in [1.165, 1.54) is 34.8 Å². The summed E-state index contributed by atoms with van der Waals surface area (Å²) in [5, 5.41) is 5.30. The fraction of sp³-hybridized carbons (Fsp3) is 0.250. The number of nitrogens with one attached hydrogen (secondary N) is 2. The lowest BCUT2D eigenvalue weighted by molar-refractivity contribution is -0.116. The predicted molar refractivity (Wildman–Crippen MR) is 127 cm³/mol. The van der Waals surface area contributed by atoms with Crippen molar-refractivity contribution in [3.8, 4) is 11.5 Å². The number of sulfonamides is 1. The van der Waals surface area contributed by atoms with Crippen molar-refractivity contribution < 1.29 is 31.9 Å². The molecule has 0 radical (unpaired) electrons. The topological polar surface area (TPSA) is 127 Å². The summed E-state index contributed by atoms with van der Waals surface area (Å²) in [7, 11) is -3.78. The van der Waals surface area contributed by atoms with Gasteiger partial charge in [0.2, 0.25) is 15.9 Å². The number of benzene rings is 2. The molecule has 2 aromatic carbocycles. The van der Waals surface area contributed by atoms with E-state index in [0.717, 1.165) is 0 Å². The molecule has 10 nitrogen and oxygen atoms in total. The molecule has 0 saturated carbocycles. The molecule has 0 atom stereocenters. The molecule has 2 N–H and O–H groups in total. The monoisotopic (exact) mass is 499 g/mol. The molecule has 0 unspecified atom stereocenters. The third-order valence-corrected chi connectivity index (χ3v) is 7.08. The van der Waals surface area contributed by atoms with Crippen molar-refractivity contribution in [1.82, 2.24) is 9.62 Å². The second-order valence-electron chi connectivity index (χ2n) is 7.62. The Morgan fingerprint density at radius 3 is 2.49 bits per heavy atom. The third kappa shape index (κ3) is 6.27. The molecular formula is C24H25N3O7S. The van der Waals surface area contributed by atoms with Crippen LogP contribution < -0.4 is 15.4 Å². The SMILES string of the molecule is O=C(CCNC(=O)c1ccco1)Nc1cc(S(=O)(=O)N2CCOCC2)ccc1Oc1ccccc1. The minimum atomic E-state index is -3.78. The smallest absolute Gasteiger partial charge is 0.286 e. The van der Waals surface area contributed by atoms with E-state index in [0.29, 0.717) is 19.0 Å². The number of hydrogen-bond donors (Lipinski definition) is 2. The summed E-state index contributed by atoms with van der Waals surface area (Å²) >= 11 is 0. The molecule has 4 rings (SSSR count). The van der Waals surface area contributed by atoms with E-state index in [4.69, 9.17) is 13.9 Å². The van der Waals surface area contributed by atoms with Crippen LogP contribution in [0, 0.1) is 0 Å². The van der Waals surface area contributed by atoms with Crippen molar-refractivity contribution in [2.75, 3.05) is 38.2 Å². The molecule has 1 aromatic heterocycles. The summed E-state index contributed by atoms with van der Waals surface area (Å²) < 4.78 is 43.7. The van der Waals surface area contributed by atoms with Crippen LogP contribution in [0.1, 0.15) is 17.0 Å². The molecule has 35 heavy (non-hydrogen) atoms. The fourth-order valence-electron chi connectivity index (χ4n) is 3.40. The highest BCUT2D eigenvalue weighted by molar-refractivity contribution is 7.89. The zero-order valence-electron chi connectivity index (χ0n) is 18.8. The number of rotatable bonds is 9. The van der Waals surface area contributed by atoms with Crippen molar-refractivity contribution in [3.63, 3.8) is 0 Å². The maximum absolute atomic E-state index is 13.1. The average Bonchev–Trinajstić information content (AvgIpc) is 3.41. The summed E-state index contributed by atoms with van der Waals surface area (Å²) in [5.74, 6) is 0.0886. The number of hydrogen-bond acceptors (Lipinski definition) is 7. The van der Waals surface area contributed by atoms with Crippen molar-refractivity contribution in [3.05, 3.63) is 72.7 Å². The van der Waals surface area contributed by atoms with Gasteiger partial charge in [-0.25, -0.2) is 8.42 Å². The highest BCUT2D eigenvalue weighted by atomic mass is 32.2. The Bertz CT molecular complexity index is 1260. The zero-order chi connectivity index (χ0) is 24.7. The number of carbonyl (C=O) groups is 2. The summed E-state index contributed by atoms with van der Waals surface area (Å²) in [4.78, 5) is 24.6. The Labute approximate surface area is 202 Å². The Kier molecular flexibility index (Phi) is 7.80. The first-order chi connectivity index (χ1) is 16.9. The van der Waals surface area contributed by atoms with Crippen LogP contribution >= 0.6 is 0 Å². The highest BCUT2D eigenvalue weighted by Gasteiger charge is 2.27. The van der Waals surface area contributed by atoms with E-state index in [9.17, 15) is 18.0 Å². The van der Waals surface area contributed by atoms with Crippen LogP contribution in [-0.4, -0.2) is 57.4 Å². The minimum Gasteiger partial charge on any atom is -0.459 e. The molecule has 1 aliphatic heterocycles. The number of amides is 2. The minimum absolute atomic E-state index is 0.0289. The molecule has 184 valence electrons. The second kappa shape index (κ2) is 11.2. The van der Waals surface area contributed by atoms with E-state index in [2.05, 4.69) is 10.6 Å². The summed E-state index contributed by atoms with van der Waals surface area (Å²) in [5.41, 5.74) is 0.200. The Morgan fingerprint density at radius 1 is 1.00 bits per heavy atom. The van der Waals surface area contributed by atoms with Gasteiger partial charge in [-0.2, -0.15) is 4.31 Å². The molecule has 11 heteroatoms. The number of morpholine rings is 1. The molecule has 0 spiro atoms. The highest BCUT2D eigenvalue weighted by Crippen LogP contribution is 2.33. The van der Waals surface area contributed by atoms with E-state index < -0.39 is 21.8 Å². The van der Waals surface area contributed by atoms with Crippen molar-refractivity contribution in [1.29, 1.82) is 0 Å². The molecule has 1 fully saturated rings. The fourth-order valence-corrected chi connectivity index (χ4v) is 4.84. The van der Waals surface area contributed by atoms with E-state index >= 15 is 0 Å². The first-order valence-electron chi connectivity index (χ1n) is 11.0. The van der Waals surface area contributed by atoms with Crippen LogP contribution in [-0.2, 0) is 19.6 Å². The number of nitrogens with zero attached hydrogens (tertiary/aromatic N) is 1. The first-order valence-corrected chi connectivity index (χ1v) is 12.4. The molecule has 2 heterocycles. The molecule has 1 saturated heterocycles. The summed E-state index contributed by atoms with van der Waals surface area (Å²) in [6.45, 7) is 1.21. The average molecular weight is 500 g/mol. The van der Waals surface area contributed by atoms with Gasteiger partial charge >= 0.3 is 0 Å². The number of para-hydroxylation sites is 1.